The average molecular weight is 583 g/mol. The lowest BCUT2D eigenvalue weighted by Gasteiger charge is -2.39. The Hall–Kier alpha value is -3.28. The molecule has 5 rings (SSSR count). The molecule has 3 amide bonds. The fraction of sp³-hybridized carbons (Fsp3) is 0.414. The maximum atomic E-state index is 13.8. The number of likely N-dealkylation sites (tertiary alicyclic amines) is 2. The van der Waals surface area contributed by atoms with Gasteiger partial charge in [-0.2, -0.15) is 0 Å². The van der Waals surface area contributed by atoms with Crippen LogP contribution in [0, 0.1) is 12.3 Å². The van der Waals surface area contributed by atoms with Gasteiger partial charge in [0, 0.05) is 17.8 Å². The number of aryl methyl sites for hydroxylation is 1. The number of amides is 3. The Kier molecular flexibility index (Phi) is 7.49. The minimum atomic E-state index is -3.81. The number of benzene rings is 2. The Bertz CT molecular complexity index is 1530. The van der Waals surface area contributed by atoms with Crippen LogP contribution in [0.15, 0.2) is 59.5 Å². The summed E-state index contributed by atoms with van der Waals surface area (Å²) in [7, 11) is -3.81. The average Bonchev–Trinajstić information content (AvgIpc) is 3.64. The summed E-state index contributed by atoms with van der Waals surface area (Å²) in [6.07, 6.45) is 0.628. The largest absolute Gasteiger partial charge is 0.339 e. The second kappa shape index (κ2) is 10.6. The molecule has 2 aromatic carbocycles. The van der Waals surface area contributed by atoms with Crippen molar-refractivity contribution in [2.45, 2.75) is 57.1 Å². The van der Waals surface area contributed by atoms with Gasteiger partial charge in [-0.3, -0.25) is 14.4 Å². The Balaban J connectivity index is 1.21. The summed E-state index contributed by atoms with van der Waals surface area (Å²) < 4.78 is 28.6. The van der Waals surface area contributed by atoms with Gasteiger partial charge in [0.2, 0.25) is 21.8 Å². The van der Waals surface area contributed by atoms with Gasteiger partial charge in [0.1, 0.15) is 6.04 Å². The van der Waals surface area contributed by atoms with E-state index in [9.17, 15) is 22.8 Å². The van der Waals surface area contributed by atoms with Crippen molar-refractivity contribution in [2.24, 2.45) is 5.41 Å². The topological polar surface area (TPSA) is 116 Å². The first-order valence-electron chi connectivity index (χ1n) is 13.3. The van der Waals surface area contributed by atoms with Crippen LogP contribution in [-0.2, 0) is 19.6 Å². The lowest BCUT2D eigenvalue weighted by molar-refractivity contribution is -0.142. The number of thiophene rings is 1. The van der Waals surface area contributed by atoms with Gasteiger partial charge < -0.3 is 15.1 Å². The van der Waals surface area contributed by atoms with Crippen molar-refractivity contribution in [2.75, 3.05) is 19.6 Å². The zero-order chi connectivity index (χ0) is 28.8. The normalized spacial score (nSPS) is 19.7. The highest BCUT2D eigenvalue weighted by Crippen LogP contribution is 2.34. The molecule has 1 aromatic heterocycles. The van der Waals surface area contributed by atoms with Crippen LogP contribution in [0.1, 0.15) is 42.4 Å². The Morgan fingerprint density at radius 1 is 1.00 bits per heavy atom. The van der Waals surface area contributed by atoms with Crippen LogP contribution in [0.5, 0.6) is 0 Å². The van der Waals surface area contributed by atoms with Crippen molar-refractivity contribution < 1.29 is 22.8 Å². The van der Waals surface area contributed by atoms with E-state index in [2.05, 4.69) is 10.0 Å². The molecule has 3 atom stereocenters. The Morgan fingerprint density at radius 2 is 1.65 bits per heavy atom. The molecule has 0 aliphatic carbocycles. The highest BCUT2D eigenvalue weighted by molar-refractivity contribution is 7.89. The van der Waals surface area contributed by atoms with E-state index in [0.717, 1.165) is 15.6 Å². The quantitative estimate of drug-likeness (QED) is 0.444. The number of hydrogen-bond acceptors (Lipinski definition) is 6. The van der Waals surface area contributed by atoms with E-state index < -0.39 is 21.5 Å². The first-order chi connectivity index (χ1) is 18.8. The molecule has 2 bridgehead atoms. The number of nitrogens with zero attached hydrogens (tertiary/aromatic N) is 2. The smallest absolute Gasteiger partial charge is 0.262 e. The zero-order valence-electron chi connectivity index (χ0n) is 23.0. The second-order valence-electron chi connectivity index (χ2n) is 11.6. The third-order valence-corrected chi connectivity index (χ3v) is 10.2. The molecule has 0 saturated carbocycles. The lowest BCUT2D eigenvalue weighted by atomic mass is 9.85. The number of rotatable bonds is 7. The van der Waals surface area contributed by atoms with E-state index in [-0.39, 0.29) is 41.2 Å². The third-order valence-electron chi connectivity index (χ3n) is 7.63. The lowest BCUT2D eigenvalue weighted by Crippen LogP contribution is -2.59. The van der Waals surface area contributed by atoms with Gasteiger partial charge in [-0.15, -0.1) is 11.3 Å². The number of nitrogens with one attached hydrogen (secondary N) is 2. The summed E-state index contributed by atoms with van der Waals surface area (Å²) in [5.74, 6) is -0.765. The maximum absolute atomic E-state index is 13.8. The minimum absolute atomic E-state index is 0.108. The van der Waals surface area contributed by atoms with E-state index >= 15 is 0 Å². The molecule has 2 fully saturated rings. The van der Waals surface area contributed by atoms with Crippen molar-refractivity contribution in [3.63, 3.8) is 0 Å². The first-order valence-corrected chi connectivity index (χ1v) is 15.6. The highest BCUT2D eigenvalue weighted by Gasteiger charge is 2.49. The molecular formula is C29H34N4O5S2. The van der Waals surface area contributed by atoms with Gasteiger partial charge in [0.15, 0.2) is 0 Å². The van der Waals surface area contributed by atoms with Gasteiger partial charge in [-0.1, -0.05) is 56.7 Å². The molecular weight excluding hydrogens is 548 g/mol. The number of sulfonamides is 1. The van der Waals surface area contributed by atoms with Gasteiger partial charge in [-0.25, -0.2) is 13.1 Å². The maximum Gasteiger partial charge on any atom is 0.262 e. The van der Waals surface area contributed by atoms with E-state index in [0.29, 0.717) is 24.4 Å². The summed E-state index contributed by atoms with van der Waals surface area (Å²) in [4.78, 5) is 44.0. The van der Waals surface area contributed by atoms with Crippen LogP contribution in [0.4, 0.5) is 0 Å². The van der Waals surface area contributed by atoms with Crippen LogP contribution < -0.4 is 10.0 Å². The zero-order valence-corrected chi connectivity index (χ0v) is 24.6. The molecule has 0 radical (unpaired) electrons. The summed E-state index contributed by atoms with van der Waals surface area (Å²) in [6, 6.07) is 14.9. The number of fused-ring (bicyclic) bond motifs is 3. The molecule has 1 unspecified atom stereocenters. The second-order valence-corrected chi connectivity index (χ2v) is 14.5. The number of carbonyl (C=O) groups excluding carboxylic acids is 3. The first kappa shape index (κ1) is 28.3. The number of carbonyl (C=O) groups is 3. The highest BCUT2D eigenvalue weighted by atomic mass is 32.2. The fourth-order valence-electron chi connectivity index (χ4n) is 5.41. The van der Waals surface area contributed by atoms with E-state index in [1.165, 1.54) is 23.5 Å². The van der Waals surface area contributed by atoms with Crippen LogP contribution >= 0.6 is 11.3 Å². The molecule has 11 heteroatoms. The predicted molar refractivity (Wildman–Crippen MR) is 155 cm³/mol. The standard InChI is InChI=1S/C29H34N4O5S2/c1-18-9-11-22(12-10-18)40(37,38)30-15-25(34)32-16-21-14-20(32)17-33(21)28(36)26(29(2,3)4)31-27(35)24-13-19-7-5-6-8-23(19)39-24/h5-13,20-21,26,30H,14-17H2,1-4H3,(H,31,35)/t20-,21-,26?/m0/s1. The van der Waals surface area contributed by atoms with Gasteiger partial charge in [-0.05, 0) is 48.4 Å². The number of hydrogen-bond donors (Lipinski definition) is 2. The molecule has 2 saturated heterocycles. The van der Waals surface area contributed by atoms with Crippen LogP contribution in [0.25, 0.3) is 10.1 Å². The van der Waals surface area contributed by atoms with Gasteiger partial charge >= 0.3 is 0 Å². The van der Waals surface area contributed by atoms with E-state index in [1.807, 2.05) is 58.0 Å². The summed E-state index contributed by atoms with van der Waals surface area (Å²) in [6.45, 7) is 7.98. The minimum Gasteiger partial charge on any atom is -0.339 e. The number of piperazine rings is 1. The fourth-order valence-corrected chi connectivity index (χ4v) is 7.35. The molecule has 212 valence electrons. The molecule has 40 heavy (non-hydrogen) atoms. The molecule has 0 spiro atoms. The van der Waals surface area contributed by atoms with Gasteiger partial charge in [0.05, 0.1) is 28.4 Å². The van der Waals surface area contributed by atoms with Gasteiger partial charge in [0.25, 0.3) is 5.91 Å². The third kappa shape index (κ3) is 5.63. The van der Waals surface area contributed by atoms with E-state index in [1.54, 1.807) is 21.9 Å². The Morgan fingerprint density at radius 3 is 2.27 bits per heavy atom. The Labute approximate surface area is 238 Å². The predicted octanol–water partition coefficient (Wildman–Crippen LogP) is 3.14. The molecule has 3 heterocycles. The molecule has 3 aromatic rings. The molecule has 9 nitrogen and oxygen atoms in total. The van der Waals surface area contributed by atoms with E-state index in [4.69, 9.17) is 0 Å². The van der Waals surface area contributed by atoms with Crippen molar-refractivity contribution >= 4 is 49.2 Å². The van der Waals surface area contributed by atoms with Crippen LogP contribution in [-0.4, -0.2) is 73.7 Å². The van der Waals surface area contributed by atoms with Crippen molar-refractivity contribution in [1.82, 2.24) is 19.8 Å². The van der Waals surface area contributed by atoms with Crippen molar-refractivity contribution in [1.29, 1.82) is 0 Å². The van der Waals surface area contributed by atoms with Crippen LogP contribution in [0.2, 0.25) is 0 Å². The van der Waals surface area contributed by atoms with Crippen molar-refractivity contribution in [3.05, 3.63) is 65.0 Å². The molecule has 2 aliphatic heterocycles. The molecule has 2 N–H and O–H groups in total. The summed E-state index contributed by atoms with van der Waals surface area (Å²) in [5.41, 5.74) is 0.408. The van der Waals surface area contributed by atoms with Crippen LogP contribution in [0.3, 0.4) is 0 Å². The molecule has 2 aliphatic rings. The monoisotopic (exact) mass is 582 g/mol. The summed E-state index contributed by atoms with van der Waals surface area (Å²) in [5, 5.41) is 3.97. The summed E-state index contributed by atoms with van der Waals surface area (Å²) >= 11 is 1.39. The SMILES string of the molecule is Cc1ccc(S(=O)(=O)NCC(=O)N2C[C@@H]3C[C@H]2CN3C(=O)C(NC(=O)c2cc3ccccc3s2)C(C)(C)C)cc1. The van der Waals surface area contributed by atoms with Crippen molar-refractivity contribution in [3.8, 4) is 0 Å².